The van der Waals surface area contributed by atoms with Gasteiger partial charge in [-0.2, -0.15) is 0 Å². The number of nitrogens with one attached hydrogen (secondary N) is 3. The lowest BCUT2D eigenvalue weighted by molar-refractivity contribution is -0.134. The molecule has 0 saturated carbocycles. The van der Waals surface area contributed by atoms with Gasteiger partial charge in [-0.05, 0) is 36.9 Å². The number of H-pyrrole nitrogens is 1. The average Bonchev–Trinajstić information content (AvgIpc) is 2.59. The molecule has 0 bridgehead atoms. The third kappa shape index (κ3) is 3.62. The Morgan fingerprint density at radius 2 is 2.04 bits per heavy atom. The van der Waals surface area contributed by atoms with Crippen molar-refractivity contribution >= 4 is 22.7 Å². The molecule has 2 amide bonds. The molecule has 2 aromatic rings. The maximum absolute atomic E-state index is 12.5. The Labute approximate surface area is 151 Å². The minimum atomic E-state index is -0.571. The highest BCUT2D eigenvalue weighted by Gasteiger charge is 2.31. The van der Waals surface area contributed by atoms with Crippen LogP contribution in [0.1, 0.15) is 23.1 Å². The Kier molecular flexibility index (Phi) is 5.08. The normalized spacial score (nSPS) is 18.0. The molecule has 1 aliphatic rings. The summed E-state index contributed by atoms with van der Waals surface area (Å²) in [7, 11) is 1.55. The van der Waals surface area contributed by atoms with Gasteiger partial charge in [0.05, 0.1) is 18.0 Å². The van der Waals surface area contributed by atoms with Crippen molar-refractivity contribution in [2.24, 2.45) is 0 Å². The average molecular weight is 356 g/mol. The van der Waals surface area contributed by atoms with Crippen LogP contribution in [0.3, 0.4) is 0 Å². The number of amides is 2. The third-order valence-electron chi connectivity index (χ3n) is 4.84. The summed E-state index contributed by atoms with van der Waals surface area (Å²) in [5, 5.41) is 6.32. The van der Waals surface area contributed by atoms with Gasteiger partial charge in [0.1, 0.15) is 0 Å². The number of carbonyl (C=O) groups is 2. The van der Waals surface area contributed by atoms with Crippen LogP contribution in [-0.4, -0.2) is 47.9 Å². The van der Waals surface area contributed by atoms with Crippen molar-refractivity contribution < 1.29 is 9.59 Å². The van der Waals surface area contributed by atoms with Crippen molar-refractivity contribution in [3.8, 4) is 0 Å². The van der Waals surface area contributed by atoms with E-state index in [1.54, 1.807) is 7.05 Å². The van der Waals surface area contributed by atoms with Crippen LogP contribution in [0.2, 0.25) is 0 Å². The predicted molar refractivity (Wildman–Crippen MR) is 99.9 cm³/mol. The van der Waals surface area contributed by atoms with E-state index in [1.165, 1.54) is 0 Å². The maximum Gasteiger partial charge on any atom is 0.252 e. The Bertz CT molecular complexity index is 919. The van der Waals surface area contributed by atoms with Gasteiger partial charge in [-0.1, -0.05) is 11.6 Å². The quantitative estimate of drug-likeness (QED) is 0.747. The smallest absolute Gasteiger partial charge is 0.252 e. The van der Waals surface area contributed by atoms with Crippen LogP contribution >= 0.6 is 0 Å². The summed E-state index contributed by atoms with van der Waals surface area (Å²) in [6, 6.07) is 5.38. The fourth-order valence-corrected chi connectivity index (χ4v) is 3.52. The summed E-state index contributed by atoms with van der Waals surface area (Å²) in [5.41, 5.74) is 3.43. The van der Waals surface area contributed by atoms with Crippen LogP contribution in [0.4, 0.5) is 0 Å². The van der Waals surface area contributed by atoms with Gasteiger partial charge in [0.15, 0.2) is 0 Å². The molecule has 1 aromatic carbocycles. The molecule has 138 valence electrons. The van der Waals surface area contributed by atoms with Gasteiger partial charge in [-0.15, -0.1) is 0 Å². The molecule has 3 N–H and O–H groups in total. The summed E-state index contributed by atoms with van der Waals surface area (Å²) in [5.74, 6) is -0.375. The second-order valence-corrected chi connectivity index (χ2v) is 6.82. The summed E-state index contributed by atoms with van der Waals surface area (Å²) in [4.78, 5) is 41.4. The van der Waals surface area contributed by atoms with E-state index in [4.69, 9.17) is 0 Å². The number of benzene rings is 1. The zero-order valence-corrected chi connectivity index (χ0v) is 15.3. The van der Waals surface area contributed by atoms with E-state index in [-0.39, 0.29) is 23.8 Å². The predicted octanol–water partition coefficient (Wildman–Crippen LogP) is 0.581. The maximum atomic E-state index is 12.5. The first-order chi connectivity index (χ1) is 12.4. The molecule has 2 heterocycles. The van der Waals surface area contributed by atoms with Crippen LogP contribution < -0.4 is 16.2 Å². The number of hydrogen-bond donors (Lipinski definition) is 3. The van der Waals surface area contributed by atoms with Gasteiger partial charge in [0.2, 0.25) is 11.8 Å². The monoisotopic (exact) mass is 356 g/mol. The molecule has 1 aromatic heterocycles. The number of aromatic nitrogens is 1. The fourth-order valence-electron chi connectivity index (χ4n) is 3.52. The van der Waals surface area contributed by atoms with Crippen molar-refractivity contribution in [3.63, 3.8) is 0 Å². The molecule has 26 heavy (non-hydrogen) atoms. The van der Waals surface area contributed by atoms with Crippen molar-refractivity contribution in [1.29, 1.82) is 0 Å². The summed E-state index contributed by atoms with van der Waals surface area (Å²) >= 11 is 0. The molecule has 0 unspecified atom stereocenters. The van der Waals surface area contributed by atoms with Crippen molar-refractivity contribution in [3.05, 3.63) is 45.2 Å². The molecule has 7 heteroatoms. The summed E-state index contributed by atoms with van der Waals surface area (Å²) in [6.07, 6.45) is 0.0754. The lowest BCUT2D eigenvalue weighted by Crippen LogP contribution is -2.56. The number of rotatable bonds is 4. The first kappa shape index (κ1) is 18.1. The van der Waals surface area contributed by atoms with E-state index >= 15 is 0 Å². The first-order valence-electron chi connectivity index (χ1n) is 8.74. The number of nitrogens with zero attached hydrogens (tertiary/aromatic N) is 1. The number of aryl methyl sites for hydroxylation is 2. The molecule has 3 rings (SSSR count). The van der Waals surface area contributed by atoms with Gasteiger partial charge >= 0.3 is 0 Å². The van der Waals surface area contributed by atoms with E-state index in [0.29, 0.717) is 25.2 Å². The minimum absolute atomic E-state index is 0.0754. The van der Waals surface area contributed by atoms with Gasteiger partial charge < -0.3 is 15.6 Å². The van der Waals surface area contributed by atoms with Crippen molar-refractivity contribution in [2.75, 3.05) is 20.1 Å². The molecular weight excluding hydrogens is 332 g/mol. The molecule has 0 aliphatic carbocycles. The van der Waals surface area contributed by atoms with Crippen LogP contribution in [0, 0.1) is 13.8 Å². The first-order valence-corrected chi connectivity index (χ1v) is 8.74. The Morgan fingerprint density at radius 3 is 2.77 bits per heavy atom. The van der Waals surface area contributed by atoms with Crippen LogP contribution in [-0.2, 0) is 16.1 Å². The molecule has 0 radical (unpaired) electrons. The third-order valence-corrected chi connectivity index (χ3v) is 4.84. The number of hydrogen-bond acceptors (Lipinski definition) is 4. The SMILES string of the molecule is CNC(=O)C[C@@H]1C(=O)NCCN1Cc1cc2cc(C)cc(C)c2[nH]c1=O. The lowest BCUT2D eigenvalue weighted by atomic mass is 10.0. The zero-order valence-electron chi connectivity index (χ0n) is 15.3. The van der Waals surface area contributed by atoms with E-state index in [9.17, 15) is 14.4 Å². The highest BCUT2D eigenvalue weighted by Crippen LogP contribution is 2.19. The van der Waals surface area contributed by atoms with Gasteiger partial charge in [0, 0.05) is 32.2 Å². The number of fused-ring (bicyclic) bond motifs is 1. The second kappa shape index (κ2) is 7.29. The van der Waals surface area contributed by atoms with E-state index in [0.717, 1.165) is 22.0 Å². The standard InChI is InChI=1S/C19H24N4O3/c1-11-6-12(2)17-13(7-11)8-14(18(25)22-17)10-23-5-4-21-19(26)15(23)9-16(24)20-3/h6-8,15H,4-5,9-10H2,1-3H3,(H,20,24)(H,21,26)(H,22,25)/t15-/m1/s1. The number of aromatic amines is 1. The highest BCUT2D eigenvalue weighted by molar-refractivity contribution is 5.88. The Hall–Kier alpha value is -2.67. The lowest BCUT2D eigenvalue weighted by Gasteiger charge is -2.34. The molecule has 7 nitrogen and oxygen atoms in total. The molecule has 1 atom stereocenters. The van der Waals surface area contributed by atoms with Crippen molar-refractivity contribution in [2.45, 2.75) is 32.9 Å². The molecule has 0 spiro atoms. The molecule has 1 aliphatic heterocycles. The topological polar surface area (TPSA) is 94.3 Å². The second-order valence-electron chi connectivity index (χ2n) is 6.82. The van der Waals surface area contributed by atoms with Crippen LogP contribution in [0.25, 0.3) is 10.9 Å². The van der Waals surface area contributed by atoms with Gasteiger partial charge in [0.25, 0.3) is 5.56 Å². The Morgan fingerprint density at radius 1 is 1.27 bits per heavy atom. The zero-order chi connectivity index (χ0) is 18.8. The largest absolute Gasteiger partial charge is 0.359 e. The number of piperazine rings is 1. The van der Waals surface area contributed by atoms with Gasteiger partial charge in [-0.25, -0.2) is 0 Å². The molecule has 1 saturated heterocycles. The van der Waals surface area contributed by atoms with Gasteiger partial charge in [-0.3, -0.25) is 19.3 Å². The summed E-state index contributed by atoms with van der Waals surface area (Å²) < 4.78 is 0. The van der Waals surface area contributed by atoms with Crippen LogP contribution in [0.15, 0.2) is 23.0 Å². The molecule has 1 fully saturated rings. The van der Waals surface area contributed by atoms with E-state index < -0.39 is 6.04 Å². The van der Waals surface area contributed by atoms with E-state index in [1.807, 2.05) is 36.9 Å². The van der Waals surface area contributed by atoms with Crippen LogP contribution in [0.5, 0.6) is 0 Å². The highest BCUT2D eigenvalue weighted by atomic mass is 16.2. The number of carbonyl (C=O) groups excluding carboxylic acids is 2. The number of pyridine rings is 1. The van der Waals surface area contributed by atoms with E-state index in [2.05, 4.69) is 15.6 Å². The fraction of sp³-hybridized carbons (Fsp3) is 0.421. The van der Waals surface area contributed by atoms with Crippen molar-refractivity contribution in [1.82, 2.24) is 20.5 Å². The molecular formula is C19H24N4O3. The minimum Gasteiger partial charge on any atom is -0.359 e. The summed E-state index contributed by atoms with van der Waals surface area (Å²) in [6.45, 7) is 5.42. The Balaban J connectivity index is 1.93.